The zero-order valence-corrected chi connectivity index (χ0v) is 19.6. The third-order valence-electron chi connectivity index (χ3n) is 5.56. The minimum atomic E-state index is -0.499. The van der Waals surface area contributed by atoms with Gasteiger partial charge in [-0.15, -0.1) is 0 Å². The maximum absolute atomic E-state index is 13.6. The molecule has 34 heavy (non-hydrogen) atoms. The van der Waals surface area contributed by atoms with E-state index in [4.69, 9.17) is 0 Å². The van der Waals surface area contributed by atoms with Crippen molar-refractivity contribution in [1.29, 1.82) is 0 Å². The van der Waals surface area contributed by atoms with Gasteiger partial charge in [-0.3, -0.25) is 14.9 Å². The van der Waals surface area contributed by atoms with Crippen LogP contribution in [-0.2, 0) is 6.54 Å². The molecular weight excluding hydrogens is 444 g/mol. The van der Waals surface area contributed by atoms with E-state index in [1.165, 1.54) is 16.0 Å². The van der Waals surface area contributed by atoms with Crippen molar-refractivity contribution in [2.45, 2.75) is 20.4 Å². The van der Waals surface area contributed by atoms with Crippen molar-refractivity contribution in [3.05, 3.63) is 100 Å². The molecule has 0 saturated carbocycles. The highest BCUT2D eigenvalue weighted by Crippen LogP contribution is 2.33. The number of nitrogens with zero attached hydrogens (tertiary/aromatic N) is 3. The van der Waals surface area contributed by atoms with Crippen LogP contribution < -0.4 is 10.9 Å². The Morgan fingerprint density at radius 3 is 2.32 bits per heavy atom. The first kappa shape index (κ1) is 21.7. The molecule has 5 rings (SSSR count). The van der Waals surface area contributed by atoms with Gasteiger partial charge in [0.2, 0.25) is 0 Å². The molecule has 7 heteroatoms. The molecule has 0 bridgehead atoms. The number of aryl methyl sites for hydroxylation is 2. The molecule has 1 amide bonds. The summed E-state index contributed by atoms with van der Waals surface area (Å²) in [7, 11) is 0. The van der Waals surface area contributed by atoms with Gasteiger partial charge < -0.3 is 0 Å². The van der Waals surface area contributed by atoms with E-state index in [1.807, 2.05) is 92.7 Å². The van der Waals surface area contributed by atoms with E-state index in [2.05, 4.69) is 15.4 Å². The van der Waals surface area contributed by atoms with Gasteiger partial charge in [-0.25, -0.2) is 9.67 Å². The lowest BCUT2D eigenvalue weighted by atomic mass is 9.95. The van der Waals surface area contributed by atoms with Gasteiger partial charge in [-0.05, 0) is 37.1 Å². The third kappa shape index (κ3) is 4.02. The Balaban J connectivity index is 1.71. The smallest absolute Gasteiger partial charge is 0.280 e. The van der Waals surface area contributed by atoms with Crippen LogP contribution in [0.5, 0.6) is 0 Å². The summed E-state index contributed by atoms with van der Waals surface area (Å²) in [5.74, 6) is -0.499. The minimum Gasteiger partial charge on any atom is -0.298 e. The fourth-order valence-corrected chi connectivity index (χ4v) is 4.88. The van der Waals surface area contributed by atoms with Crippen molar-refractivity contribution in [2.24, 2.45) is 0 Å². The Morgan fingerprint density at radius 1 is 0.971 bits per heavy atom. The number of hydrogen-bond donors (Lipinski definition) is 1. The van der Waals surface area contributed by atoms with Crippen LogP contribution in [0.3, 0.4) is 0 Å². The number of nitrogens with one attached hydrogen (secondary N) is 1. The van der Waals surface area contributed by atoms with Gasteiger partial charge in [0.1, 0.15) is 5.56 Å². The highest BCUT2D eigenvalue weighted by atomic mass is 32.1. The number of benzene rings is 3. The molecule has 2 heterocycles. The first-order valence-corrected chi connectivity index (χ1v) is 11.8. The quantitative estimate of drug-likeness (QED) is 0.357. The lowest BCUT2D eigenvalue weighted by molar-refractivity contribution is 0.102. The lowest BCUT2D eigenvalue weighted by Gasteiger charge is -2.16. The fourth-order valence-electron chi connectivity index (χ4n) is 3.92. The van der Waals surface area contributed by atoms with Crippen molar-refractivity contribution in [1.82, 2.24) is 14.8 Å². The predicted molar refractivity (Wildman–Crippen MR) is 137 cm³/mol. The summed E-state index contributed by atoms with van der Waals surface area (Å²) >= 11 is 1.38. The molecule has 0 aliphatic heterocycles. The Morgan fingerprint density at radius 2 is 1.65 bits per heavy atom. The highest BCUT2D eigenvalue weighted by molar-refractivity contribution is 7.22. The van der Waals surface area contributed by atoms with Crippen LogP contribution in [0.25, 0.3) is 32.6 Å². The number of aromatic nitrogens is 3. The maximum Gasteiger partial charge on any atom is 0.280 e. The standard InChI is InChI=1S/C27H22N4O2S/c1-3-31-26(33)23(25(32)29-27-28-20-15-14-17(2)16-21(20)34-27)22(18-10-6-4-7-11-18)24(30-31)19-12-8-5-9-13-19/h4-16H,3H2,1-2H3,(H,28,29,32). The van der Waals surface area contributed by atoms with E-state index in [1.54, 1.807) is 0 Å². The summed E-state index contributed by atoms with van der Waals surface area (Å²) in [6.45, 7) is 4.19. The van der Waals surface area contributed by atoms with E-state index in [9.17, 15) is 9.59 Å². The largest absolute Gasteiger partial charge is 0.298 e. The SMILES string of the molecule is CCn1nc(-c2ccccc2)c(-c2ccccc2)c(C(=O)Nc2nc3ccc(C)cc3s2)c1=O. The normalized spacial score (nSPS) is 11.0. The molecule has 168 valence electrons. The van der Waals surface area contributed by atoms with Gasteiger partial charge in [0.25, 0.3) is 11.5 Å². The van der Waals surface area contributed by atoms with Crippen molar-refractivity contribution >= 4 is 32.6 Å². The Hall–Kier alpha value is -4.10. The van der Waals surface area contributed by atoms with E-state index in [0.717, 1.165) is 26.9 Å². The average molecular weight is 467 g/mol. The molecule has 3 aromatic carbocycles. The van der Waals surface area contributed by atoms with E-state index < -0.39 is 11.5 Å². The monoisotopic (exact) mass is 466 g/mol. The fraction of sp³-hybridized carbons (Fsp3) is 0.111. The Kier molecular flexibility index (Phi) is 5.77. The summed E-state index contributed by atoms with van der Waals surface area (Å²) in [6, 6.07) is 25.0. The molecule has 1 N–H and O–H groups in total. The first-order chi connectivity index (χ1) is 16.5. The second-order valence-electron chi connectivity index (χ2n) is 7.90. The molecular formula is C27H22N4O2S. The molecule has 0 atom stereocenters. The second-order valence-corrected chi connectivity index (χ2v) is 8.93. The Bertz CT molecular complexity index is 1560. The molecule has 6 nitrogen and oxygen atoms in total. The maximum atomic E-state index is 13.6. The average Bonchev–Trinajstić information content (AvgIpc) is 3.25. The first-order valence-electron chi connectivity index (χ1n) is 11.0. The zero-order valence-electron chi connectivity index (χ0n) is 18.8. The molecule has 0 unspecified atom stereocenters. The topological polar surface area (TPSA) is 76.9 Å². The van der Waals surface area contributed by atoms with E-state index in [-0.39, 0.29) is 5.56 Å². The van der Waals surface area contributed by atoms with E-state index >= 15 is 0 Å². The number of hydrogen-bond acceptors (Lipinski definition) is 5. The van der Waals surface area contributed by atoms with Crippen molar-refractivity contribution < 1.29 is 4.79 Å². The second kappa shape index (κ2) is 9.03. The molecule has 0 aliphatic rings. The van der Waals surface area contributed by atoms with Crippen molar-refractivity contribution in [3.8, 4) is 22.4 Å². The van der Waals surface area contributed by atoms with Crippen molar-refractivity contribution in [3.63, 3.8) is 0 Å². The number of anilines is 1. The zero-order chi connectivity index (χ0) is 23.7. The molecule has 0 spiro atoms. The summed E-state index contributed by atoms with van der Waals surface area (Å²) in [5, 5.41) is 7.97. The summed E-state index contributed by atoms with van der Waals surface area (Å²) in [5.41, 5.74) is 4.21. The number of carbonyl (C=O) groups is 1. The van der Waals surface area contributed by atoms with Crippen LogP contribution in [0, 0.1) is 6.92 Å². The molecule has 0 saturated heterocycles. The summed E-state index contributed by atoms with van der Waals surface area (Å²) in [6.07, 6.45) is 0. The van der Waals surface area contributed by atoms with E-state index in [0.29, 0.717) is 22.9 Å². The number of carbonyl (C=O) groups excluding carboxylic acids is 1. The molecule has 0 fully saturated rings. The predicted octanol–water partition coefficient (Wildman–Crippen LogP) is 5.77. The van der Waals surface area contributed by atoms with Crippen LogP contribution >= 0.6 is 11.3 Å². The lowest BCUT2D eigenvalue weighted by Crippen LogP contribution is -2.32. The number of fused-ring (bicyclic) bond motifs is 1. The van der Waals surface area contributed by atoms with Crippen LogP contribution in [0.4, 0.5) is 5.13 Å². The summed E-state index contributed by atoms with van der Waals surface area (Å²) < 4.78 is 2.31. The molecule has 0 radical (unpaired) electrons. The number of rotatable bonds is 5. The van der Waals surface area contributed by atoms with Gasteiger partial charge in [-0.1, -0.05) is 78.1 Å². The number of thiazole rings is 1. The number of amides is 1. The molecule has 0 aliphatic carbocycles. The van der Waals surface area contributed by atoms with Crippen LogP contribution in [0.1, 0.15) is 22.8 Å². The minimum absolute atomic E-state index is 0.0531. The van der Waals surface area contributed by atoms with Crippen molar-refractivity contribution in [2.75, 3.05) is 5.32 Å². The van der Waals surface area contributed by atoms with Gasteiger partial charge >= 0.3 is 0 Å². The van der Waals surface area contributed by atoms with Gasteiger partial charge in [0, 0.05) is 17.7 Å². The third-order valence-corrected chi connectivity index (χ3v) is 6.49. The van der Waals surface area contributed by atoms with Gasteiger partial charge in [0.05, 0.1) is 15.9 Å². The highest BCUT2D eigenvalue weighted by Gasteiger charge is 2.25. The molecule has 2 aromatic heterocycles. The van der Waals surface area contributed by atoms with Crippen LogP contribution in [0.2, 0.25) is 0 Å². The van der Waals surface area contributed by atoms with Crippen LogP contribution in [-0.4, -0.2) is 20.7 Å². The molecule has 5 aromatic rings. The van der Waals surface area contributed by atoms with Gasteiger partial charge in [-0.2, -0.15) is 5.10 Å². The Labute approximate surface area is 200 Å². The van der Waals surface area contributed by atoms with Crippen LogP contribution in [0.15, 0.2) is 83.7 Å². The summed E-state index contributed by atoms with van der Waals surface area (Å²) in [4.78, 5) is 31.6. The van der Waals surface area contributed by atoms with Gasteiger partial charge in [0.15, 0.2) is 5.13 Å².